The largest absolute Gasteiger partial charge is 0.466 e. The van der Waals surface area contributed by atoms with Crippen molar-refractivity contribution in [3.8, 4) is 0 Å². The highest BCUT2D eigenvalue weighted by Gasteiger charge is 2.28. The van der Waals surface area contributed by atoms with Crippen LogP contribution in [0.3, 0.4) is 0 Å². The minimum Gasteiger partial charge on any atom is -0.466 e. The Balaban J connectivity index is 1.94. The Hall–Kier alpha value is -1.58. The van der Waals surface area contributed by atoms with Crippen molar-refractivity contribution in [3.05, 3.63) is 24.0 Å². The van der Waals surface area contributed by atoms with Crippen molar-refractivity contribution in [2.45, 2.75) is 45.6 Å². The molecule has 0 spiro atoms. The van der Waals surface area contributed by atoms with E-state index in [1.54, 1.807) is 6.20 Å². The third-order valence-electron chi connectivity index (χ3n) is 3.66. The zero-order valence-corrected chi connectivity index (χ0v) is 11.7. The van der Waals surface area contributed by atoms with E-state index in [4.69, 9.17) is 4.74 Å². The fourth-order valence-electron chi connectivity index (χ4n) is 2.65. The molecule has 4 heteroatoms. The first-order chi connectivity index (χ1) is 9.20. The molecule has 2 unspecified atom stereocenters. The summed E-state index contributed by atoms with van der Waals surface area (Å²) in [5, 5.41) is 3.51. The van der Waals surface area contributed by atoms with Crippen LogP contribution in [0.5, 0.6) is 0 Å². The molecule has 4 nitrogen and oxygen atoms in total. The first-order valence-corrected chi connectivity index (χ1v) is 7.05. The Bertz CT molecular complexity index is 434. The number of hydrogen-bond donors (Lipinski definition) is 1. The highest BCUT2D eigenvalue weighted by Crippen LogP contribution is 2.28. The van der Waals surface area contributed by atoms with E-state index in [0.717, 1.165) is 37.1 Å². The van der Waals surface area contributed by atoms with Gasteiger partial charge in [0.05, 0.1) is 23.9 Å². The lowest BCUT2D eigenvalue weighted by Crippen LogP contribution is -2.32. The number of aryl methyl sites for hydroxylation is 1. The molecule has 2 atom stereocenters. The molecule has 1 fully saturated rings. The molecule has 0 saturated heterocycles. The van der Waals surface area contributed by atoms with Crippen molar-refractivity contribution in [3.63, 3.8) is 0 Å². The summed E-state index contributed by atoms with van der Waals surface area (Å²) in [5.41, 5.74) is 2.07. The minimum atomic E-state index is -0.0445. The molecule has 0 amide bonds. The van der Waals surface area contributed by atoms with Crippen LogP contribution < -0.4 is 5.32 Å². The van der Waals surface area contributed by atoms with Gasteiger partial charge in [-0.1, -0.05) is 6.42 Å². The fourth-order valence-corrected chi connectivity index (χ4v) is 2.65. The quantitative estimate of drug-likeness (QED) is 0.848. The number of hydrogen-bond acceptors (Lipinski definition) is 4. The van der Waals surface area contributed by atoms with Gasteiger partial charge >= 0.3 is 5.97 Å². The van der Waals surface area contributed by atoms with Crippen molar-refractivity contribution in [1.29, 1.82) is 0 Å². The summed E-state index contributed by atoms with van der Waals surface area (Å²) in [5.74, 6) is 0.0000798. The standard InChI is InChI=1S/C15H22N2O2/c1-3-19-15(18)12-6-4-7-13(10-12)17-14-8-5-9-16-11(14)2/h5,8-9,12-13,17H,3-4,6-7,10H2,1-2H3. The lowest BCUT2D eigenvalue weighted by Gasteiger charge is -2.29. The second-order valence-electron chi connectivity index (χ2n) is 5.09. The molecule has 1 aromatic heterocycles. The van der Waals surface area contributed by atoms with E-state index >= 15 is 0 Å². The van der Waals surface area contributed by atoms with Gasteiger partial charge < -0.3 is 10.1 Å². The zero-order chi connectivity index (χ0) is 13.7. The van der Waals surface area contributed by atoms with Gasteiger partial charge in [-0.05, 0) is 45.2 Å². The average molecular weight is 262 g/mol. The van der Waals surface area contributed by atoms with Gasteiger partial charge in [0.15, 0.2) is 0 Å². The van der Waals surface area contributed by atoms with Crippen molar-refractivity contribution in [1.82, 2.24) is 4.98 Å². The molecular weight excluding hydrogens is 240 g/mol. The van der Waals surface area contributed by atoms with Crippen LogP contribution in [0.25, 0.3) is 0 Å². The Morgan fingerprint density at radius 2 is 2.37 bits per heavy atom. The molecule has 0 bridgehead atoms. The lowest BCUT2D eigenvalue weighted by atomic mass is 9.85. The third-order valence-corrected chi connectivity index (χ3v) is 3.66. The Morgan fingerprint density at radius 3 is 3.11 bits per heavy atom. The molecule has 1 aliphatic rings. The topological polar surface area (TPSA) is 51.2 Å². The highest BCUT2D eigenvalue weighted by atomic mass is 16.5. The van der Waals surface area contributed by atoms with Crippen LogP contribution in [-0.2, 0) is 9.53 Å². The van der Waals surface area contributed by atoms with Crippen LogP contribution in [0.2, 0.25) is 0 Å². The molecule has 2 rings (SSSR count). The van der Waals surface area contributed by atoms with Crippen LogP contribution in [0.4, 0.5) is 5.69 Å². The van der Waals surface area contributed by atoms with Crippen LogP contribution in [0.1, 0.15) is 38.3 Å². The van der Waals surface area contributed by atoms with Crippen molar-refractivity contribution < 1.29 is 9.53 Å². The van der Waals surface area contributed by atoms with E-state index in [1.807, 2.05) is 26.0 Å². The van der Waals surface area contributed by atoms with Crippen molar-refractivity contribution in [2.24, 2.45) is 5.92 Å². The predicted molar refractivity (Wildman–Crippen MR) is 75.0 cm³/mol. The van der Waals surface area contributed by atoms with Gasteiger partial charge in [-0.2, -0.15) is 0 Å². The summed E-state index contributed by atoms with van der Waals surface area (Å²) in [4.78, 5) is 16.1. The van der Waals surface area contributed by atoms with E-state index in [-0.39, 0.29) is 11.9 Å². The number of carbonyl (C=O) groups is 1. The first-order valence-electron chi connectivity index (χ1n) is 7.05. The number of carbonyl (C=O) groups excluding carboxylic acids is 1. The summed E-state index contributed by atoms with van der Waals surface area (Å²) >= 11 is 0. The molecule has 1 N–H and O–H groups in total. The molecule has 0 aliphatic heterocycles. The number of esters is 1. The van der Waals surface area contributed by atoms with Crippen LogP contribution >= 0.6 is 0 Å². The molecular formula is C15H22N2O2. The Kier molecular flexibility index (Phi) is 4.77. The van der Waals surface area contributed by atoms with Gasteiger partial charge in [-0.25, -0.2) is 0 Å². The van der Waals surface area contributed by atoms with Crippen LogP contribution in [-0.4, -0.2) is 23.6 Å². The Labute approximate surface area is 114 Å². The second kappa shape index (κ2) is 6.55. The average Bonchev–Trinajstić information content (AvgIpc) is 2.42. The summed E-state index contributed by atoms with van der Waals surface area (Å²) in [7, 11) is 0. The van der Waals surface area contributed by atoms with Crippen LogP contribution in [0, 0.1) is 12.8 Å². The summed E-state index contributed by atoms with van der Waals surface area (Å²) in [6, 6.07) is 4.31. The van der Waals surface area contributed by atoms with E-state index in [1.165, 1.54) is 0 Å². The van der Waals surface area contributed by atoms with E-state index in [0.29, 0.717) is 12.6 Å². The minimum absolute atomic E-state index is 0.0445. The third kappa shape index (κ3) is 3.69. The van der Waals surface area contributed by atoms with Crippen LogP contribution in [0.15, 0.2) is 18.3 Å². The van der Waals surface area contributed by atoms with Gasteiger partial charge in [-0.3, -0.25) is 9.78 Å². The van der Waals surface area contributed by atoms with E-state index in [2.05, 4.69) is 10.3 Å². The zero-order valence-electron chi connectivity index (χ0n) is 11.7. The van der Waals surface area contributed by atoms with Crippen molar-refractivity contribution in [2.75, 3.05) is 11.9 Å². The SMILES string of the molecule is CCOC(=O)C1CCCC(Nc2cccnc2C)C1. The summed E-state index contributed by atoms with van der Waals surface area (Å²) < 4.78 is 5.12. The number of nitrogens with zero attached hydrogens (tertiary/aromatic N) is 1. The first kappa shape index (κ1) is 13.8. The second-order valence-corrected chi connectivity index (χ2v) is 5.09. The molecule has 0 aromatic carbocycles. The fraction of sp³-hybridized carbons (Fsp3) is 0.600. The summed E-state index contributed by atoms with van der Waals surface area (Å²) in [6.45, 7) is 4.32. The number of ether oxygens (including phenoxy) is 1. The van der Waals surface area contributed by atoms with Gasteiger partial charge in [0, 0.05) is 12.2 Å². The maximum absolute atomic E-state index is 11.8. The number of anilines is 1. The van der Waals surface area contributed by atoms with E-state index in [9.17, 15) is 4.79 Å². The number of rotatable bonds is 4. The molecule has 1 aliphatic carbocycles. The number of nitrogens with one attached hydrogen (secondary N) is 1. The van der Waals surface area contributed by atoms with Gasteiger partial charge in [-0.15, -0.1) is 0 Å². The van der Waals surface area contributed by atoms with Crippen molar-refractivity contribution >= 4 is 11.7 Å². The molecule has 0 radical (unpaired) electrons. The normalized spacial score (nSPS) is 22.8. The molecule has 104 valence electrons. The highest BCUT2D eigenvalue weighted by molar-refractivity contribution is 5.72. The maximum atomic E-state index is 11.8. The smallest absolute Gasteiger partial charge is 0.308 e. The molecule has 1 saturated carbocycles. The van der Waals surface area contributed by atoms with Gasteiger partial charge in [0.2, 0.25) is 0 Å². The monoisotopic (exact) mass is 262 g/mol. The van der Waals surface area contributed by atoms with Gasteiger partial charge in [0.1, 0.15) is 0 Å². The number of aromatic nitrogens is 1. The predicted octanol–water partition coefficient (Wildman–Crippen LogP) is 2.92. The van der Waals surface area contributed by atoms with E-state index < -0.39 is 0 Å². The molecule has 1 heterocycles. The lowest BCUT2D eigenvalue weighted by molar-refractivity contribution is -0.149. The Morgan fingerprint density at radius 1 is 1.53 bits per heavy atom. The molecule has 1 aromatic rings. The van der Waals surface area contributed by atoms with Gasteiger partial charge in [0.25, 0.3) is 0 Å². The summed E-state index contributed by atoms with van der Waals surface area (Å²) in [6.07, 6.45) is 5.77. The molecule has 19 heavy (non-hydrogen) atoms. The number of pyridine rings is 1. The maximum Gasteiger partial charge on any atom is 0.308 e.